The van der Waals surface area contributed by atoms with E-state index in [9.17, 15) is 18.0 Å². The van der Waals surface area contributed by atoms with Crippen LogP contribution in [0.15, 0.2) is 0 Å². The number of alkyl halides is 3. The Bertz CT molecular complexity index is 134. The summed E-state index contributed by atoms with van der Waals surface area (Å²) in [4.78, 5) is 9.52. The fourth-order valence-corrected chi connectivity index (χ4v) is 0.215. The van der Waals surface area contributed by atoms with Crippen molar-refractivity contribution in [3.05, 3.63) is 0 Å². The normalized spacial score (nSPS) is 16.5. The van der Waals surface area contributed by atoms with Crippen LogP contribution < -0.4 is 0 Å². The number of ether oxygens (including phenoxy) is 1. The van der Waals surface area contributed by atoms with Crippen molar-refractivity contribution in [2.24, 2.45) is 0 Å². The van der Waals surface area contributed by atoms with Gasteiger partial charge < -0.3 is 9.84 Å². The van der Waals surface area contributed by atoms with Gasteiger partial charge in [0.05, 0.1) is 0 Å². The molecule has 0 saturated heterocycles. The van der Waals surface area contributed by atoms with Crippen LogP contribution in [0.3, 0.4) is 0 Å². The lowest BCUT2D eigenvalue weighted by atomic mass is 10.4. The summed E-state index contributed by atoms with van der Waals surface area (Å²) in [5.41, 5.74) is 0. The molecule has 1 atom stereocenters. The molecule has 0 aliphatic heterocycles. The predicted molar refractivity (Wildman–Crippen MR) is 24.6 cm³/mol. The van der Waals surface area contributed by atoms with Gasteiger partial charge in [-0.15, -0.1) is 0 Å². The molecule has 0 saturated carbocycles. The second-order valence-corrected chi connectivity index (χ2v) is 1.65. The molecule has 1 unspecified atom stereocenters. The van der Waals surface area contributed by atoms with Gasteiger partial charge in [0.15, 0.2) is 0 Å². The Labute approximate surface area is 54.4 Å². The Morgan fingerprint density at radius 2 is 2.10 bits per heavy atom. The lowest BCUT2D eigenvalue weighted by Gasteiger charge is -2.16. The van der Waals surface area contributed by atoms with Crippen molar-refractivity contribution in [3.63, 3.8) is 0 Å². The van der Waals surface area contributed by atoms with Gasteiger partial charge in [-0.1, -0.05) is 0 Å². The Morgan fingerprint density at radius 1 is 1.70 bits per heavy atom. The molecule has 0 spiro atoms. The van der Waals surface area contributed by atoms with Gasteiger partial charge in [-0.2, -0.15) is 4.39 Å². The molecule has 0 aliphatic rings. The highest BCUT2D eigenvalue weighted by Gasteiger charge is 2.39. The summed E-state index contributed by atoms with van der Waals surface area (Å²) in [6.07, 6.45) is -5.53. The first-order valence-electron chi connectivity index (χ1n) is 2.25. The number of carbonyl (C=O) groups is 1. The molecule has 3 nitrogen and oxygen atoms in total. The minimum absolute atomic E-state index is 0.339. The molecule has 0 radical (unpaired) electrons. The van der Waals surface area contributed by atoms with Crippen LogP contribution in [0.25, 0.3) is 0 Å². The molecule has 60 valence electrons. The number of carboxylic acid groups (broad SMARTS) is 1. The molecule has 0 rings (SSSR count). The summed E-state index contributed by atoms with van der Waals surface area (Å²) in [6, 6.07) is 0. The van der Waals surface area contributed by atoms with E-state index in [4.69, 9.17) is 5.11 Å². The largest absolute Gasteiger partial charge is 0.508 e. The molecule has 0 amide bonds. The summed E-state index contributed by atoms with van der Waals surface area (Å²) in [7, 11) is 0. The molecule has 6 heteroatoms. The molecule has 0 fully saturated rings. The Morgan fingerprint density at radius 3 is 2.20 bits per heavy atom. The first kappa shape index (κ1) is 9.06. The fourth-order valence-electron chi connectivity index (χ4n) is 0.215. The maximum absolute atomic E-state index is 12.1. The van der Waals surface area contributed by atoms with Gasteiger partial charge in [-0.25, -0.2) is 13.6 Å². The lowest BCUT2D eigenvalue weighted by molar-refractivity contribution is -0.182. The van der Waals surface area contributed by atoms with E-state index in [1.165, 1.54) is 0 Å². The highest BCUT2D eigenvalue weighted by Crippen LogP contribution is 2.21. The Balaban J connectivity index is 3.99. The van der Waals surface area contributed by atoms with E-state index in [0.717, 1.165) is 0 Å². The molecule has 0 heterocycles. The third-order valence-electron chi connectivity index (χ3n) is 0.677. The van der Waals surface area contributed by atoms with Gasteiger partial charge in [0, 0.05) is 6.92 Å². The maximum Gasteiger partial charge on any atom is 0.508 e. The van der Waals surface area contributed by atoms with Crippen molar-refractivity contribution >= 4 is 6.16 Å². The van der Waals surface area contributed by atoms with E-state index < -0.39 is 18.4 Å². The van der Waals surface area contributed by atoms with E-state index in [-0.39, 0.29) is 0 Å². The van der Waals surface area contributed by atoms with Crippen molar-refractivity contribution in [1.82, 2.24) is 0 Å². The van der Waals surface area contributed by atoms with E-state index in [0.29, 0.717) is 6.92 Å². The zero-order chi connectivity index (χ0) is 8.36. The highest BCUT2D eigenvalue weighted by molar-refractivity contribution is 5.57. The van der Waals surface area contributed by atoms with Crippen LogP contribution in [0, 0.1) is 0 Å². The molecule has 0 bridgehead atoms. The van der Waals surface area contributed by atoms with E-state index in [1.54, 1.807) is 0 Å². The third-order valence-corrected chi connectivity index (χ3v) is 0.677. The van der Waals surface area contributed by atoms with Crippen LogP contribution in [0.5, 0.6) is 0 Å². The summed E-state index contributed by atoms with van der Waals surface area (Å²) in [6.45, 7) is 0.339. The summed E-state index contributed by atoms with van der Waals surface area (Å²) in [5, 5.41) is 7.70. The zero-order valence-electron chi connectivity index (χ0n) is 4.97. The van der Waals surface area contributed by atoms with E-state index >= 15 is 0 Å². The third kappa shape index (κ3) is 2.56. The van der Waals surface area contributed by atoms with Crippen molar-refractivity contribution in [3.8, 4) is 0 Å². The number of rotatable bonds is 2. The Kier molecular flexibility index (Phi) is 2.50. The van der Waals surface area contributed by atoms with Crippen LogP contribution in [-0.2, 0) is 4.74 Å². The molecule has 0 aromatic heterocycles. The SMILES string of the molecule is CC(F)(OC(=O)O)C(F)F. The first-order chi connectivity index (χ1) is 4.36. The molecule has 1 N–H and O–H groups in total. The van der Waals surface area contributed by atoms with E-state index in [2.05, 4.69) is 4.74 Å². The molecule has 0 aromatic carbocycles. The standard InChI is InChI=1S/C4H5F3O3/c1-4(7,2(5)6)10-3(8)9/h2H,1H3,(H,8,9). The van der Waals surface area contributed by atoms with Crippen LogP contribution in [0.1, 0.15) is 6.92 Å². The number of hydrogen-bond acceptors (Lipinski definition) is 2. The minimum Gasteiger partial charge on any atom is -0.450 e. The van der Waals surface area contributed by atoms with Crippen molar-refractivity contribution in [1.29, 1.82) is 0 Å². The number of hydrogen-bond donors (Lipinski definition) is 1. The first-order valence-corrected chi connectivity index (χ1v) is 2.25. The van der Waals surface area contributed by atoms with Crippen LogP contribution in [-0.4, -0.2) is 23.5 Å². The zero-order valence-corrected chi connectivity index (χ0v) is 4.97. The second-order valence-electron chi connectivity index (χ2n) is 1.65. The molecule has 0 aliphatic carbocycles. The molecular formula is C4H5F3O3. The van der Waals surface area contributed by atoms with Gasteiger partial charge in [0.1, 0.15) is 0 Å². The van der Waals surface area contributed by atoms with Gasteiger partial charge in [0.2, 0.25) is 0 Å². The van der Waals surface area contributed by atoms with Crippen molar-refractivity contribution in [2.75, 3.05) is 0 Å². The number of halogens is 3. The average Bonchev–Trinajstić information content (AvgIpc) is 1.60. The fraction of sp³-hybridized carbons (Fsp3) is 0.750. The highest BCUT2D eigenvalue weighted by atomic mass is 19.3. The molecule has 0 aromatic rings. The van der Waals surface area contributed by atoms with Crippen molar-refractivity contribution < 1.29 is 27.8 Å². The Hall–Kier alpha value is -0.940. The van der Waals surface area contributed by atoms with E-state index in [1.807, 2.05) is 0 Å². The van der Waals surface area contributed by atoms with Crippen LogP contribution in [0.4, 0.5) is 18.0 Å². The lowest BCUT2D eigenvalue weighted by Crippen LogP contribution is -2.33. The monoisotopic (exact) mass is 158 g/mol. The summed E-state index contributed by atoms with van der Waals surface area (Å²) >= 11 is 0. The van der Waals surface area contributed by atoms with Gasteiger partial charge in [-0.05, 0) is 0 Å². The topological polar surface area (TPSA) is 46.5 Å². The quantitative estimate of drug-likeness (QED) is 0.621. The van der Waals surface area contributed by atoms with Gasteiger partial charge in [0.25, 0.3) is 0 Å². The predicted octanol–water partition coefficient (Wildman–Crippen LogP) is 1.63. The minimum atomic E-state index is -3.47. The van der Waals surface area contributed by atoms with Gasteiger partial charge >= 0.3 is 18.4 Å². The van der Waals surface area contributed by atoms with Crippen molar-refractivity contribution in [2.45, 2.75) is 19.2 Å². The second kappa shape index (κ2) is 2.76. The summed E-state index contributed by atoms with van der Waals surface area (Å²) < 4.78 is 38.1. The average molecular weight is 158 g/mol. The van der Waals surface area contributed by atoms with Crippen LogP contribution in [0.2, 0.25) is 0 Å². The molecular weight excluding hydrogens is 153 g/mol. The van der Waals surface area contributed by atoms with Crippen LogP contribution >= 0.6 is 0 Å². The smallest absolute Gasteiger partial charge is 0.450 e. The molecule has 10 heavy (non-hydrogen) atoms. The maximum atomic E-state index is 12.1. The summed E-state index contributed by atoms with van der Waals surface area (Å²) in [5.74, 6) is -3.41. The van der Waals surface area contributed by atoms with Gasteiger partial charge in [-0.3, -0.25) is 0 Å².